The molecule has 8 heteroatoms. The lowest BCUT2D eigenvalue weighted by atomic mass is 9.91. The van der Waals surface area contributed by atoms with Gasteiger partial charge in [-0.05, 0) is 40.5 Å². The van der Waals surface area contributed by atoms with Crippen molar-refractivity contribution in [2.24, 2.45) is 11.7 Å². The highest BCUT2D eigenvalue weighted by molar-refractivity contribution is 6.03. The van der Waals surface area contributed by atoms with E-state index in [0.29, 0.717) is 12.8 Å². The van der Waals surface area contributed by atoms with Crippen molar-refractivity contribution in [2.45, 2.75) is 77.9 Å². The number of likely N-dealkylation sites (tertiary alicyclic amines) is 1. The van der Waals surface area contributed by atoms with Gasteiger partial charge < -0.3 is 15.8 Å². The highest BCUT2D eigenvalue weighted by Crippen LogP contribution is 2.23. The lowest BCUT2D eigenvalue weighted by molar-refractivity contribution is -0.139. The maximum absolute atomic E-state index is 12.2. The minimum Gasteiger partial charge on any atom is -0.375 e. The molecule has 8 nitrogen and oxygen atoms in total. The number of hydrogen-bond donors (Lipinski definition) is 2. The Morgan fingerprint density at radius 2 is 1.81 bits per heavy atom. The summed E-state index contributed by atoms with van der Waals surface area (Å²) in [5.41, 5.74) is 4.20. The van der Waals surface area contributed by atoms with Gasteiger partial charge in [-0.15, -0.1) is 0 Å². The predicted octanol–water partition coefficient (Wildman–Crippen LogP) is 1.12. The standard InChI is InChI=1S/C19H33N3O5/c1-13-12-16(25)22(17(13)26)10-6-15(24)21-18(2,3)8-9-19(4,5)27-11-7-14(20)23/h13H,6-12H2,1-5H3,(H2,20,23)(H,21,24). The van der Waals surface area contributed by atoms with E-state index in [0.717, 1.165) is 0 Å². The largest absolute Gasteiger partial charge is 0.375 e. The third kappa shape index (κ3) is 8.07. The van der Waals surface area contributed by atoms with Gasteiger partial charge in [0.1, 0.15) is 0 Å². The van der Waals surface area contributed by atoms with Crippen LogP contribution in [0.25, 0.3) is 0 Å². The molecular weight excluding hydrogens is 350 g/mol. The summed E-state index contributed by atoms with van der Waals surface area (Å²) in [5, 5.41) is 2.95. The zero-order valence-electron chi connectivity index (χ0n) is 17.1. The average Bonchev–Trinajstić information content (AvgIpc) is 2.75. The number of carbonyl (C=O) groups is 4. The predicted molar refractivity (Wildman–Crippen MR) is 100 cm³/mol. The molecule has 154 valence electrons. The van der Waals surface area contributed by atoms with Crippen molar-refractivity contribution in [1.82, 2.24) is 10.2 Å². The van der Waals surface area contributed by atoms with Crippen LogP contribution >= 0.6 is 0 Å². The van der Waals surface area contributed by atoms with Crippen LogP contribution in [0.5, 0.6) is 0 Å². The molecule has 1 atom stereocenters. The molecule has 3 N–H and O–H groups in total. The lowest BCUT2D eigenvalue weighted by Gasteiger charge is -2.32. The first-order valence-corrected chi connectivity index (χ1v) is 9.40. The van der Waals surface area contributed by atoms with E-state index in [1.54, 1.807) is 6.92 Å². The van der Waals surface area contributed by atoms with E-state index in [1.807, 2.05) is 27.7 Å². The van der Waals surface area contributed by atoms with Crippen LogP contribution in [-0.4, -0.2) is 52.8 Å². The molecule has 0 bridgehead atoms. The molecule has 1 fully saturated rings. The molecular formula is C19H33N3O5. The Kier molecular flexibility index (Phi) is 7.95. The third-order valence-corrected chi connectivity index (χ3v) is 4.70. The van der Waals surface area contributed by atoms with E-state index in [9.17, 15) is 19.2 Å². The highest BCUT2D eigenvalue weighted by Gasteiger charge is 2.35. The second-order valence-electron chi connectivity index (χ2n) is 8.50. The molecule has 1 unspecified atom stereocenters. The molecule has 1 saturated heterocycles. The monoisotopic (exact) mass is 383 g/mol. The van der Waals surface area contributed by atoms with Crippen LogP contribution in [0.3, 0.4) is 0 Å². The SMILES string of the molecule is CC1CC(=O)N(CCC(=O)NC(C)(C)CCC(C)(C)OCCC(N)=O)C1=O. The van der Waals surface area contributed by atoms with Gasteiger partial charge in [-0.25, -0.2) is 0 Å². The summed E-state index contributed by atoms with van der Waals surface area (Å²) in [4.78, 5) is 47.9. The summed E-state index contributed by atoms with van der Waals surface area (Å²) in [6.07, 6.45) is 1.83. The van der Waals surface area contributed by atoms with E-state index in [4.69, 9.17) is 10.5 Å². The van der Waals surface area contributed by atoms with E-state index in [-0.39, 0.29) is 56.1 Å². The van der Waals surface area contributed by atoms with Gasteiger partial charge in [-0.2, -0.15) is 0 Å². The Hall–Kier alpha value is -1.96. The van der Waals surface area contributed by atoms with Gasteiger partial charge in [0.15, 0.2) is 0 Å². The molecule has 0 aromatic carbocycles. The molecule has 4 amide bonds. The number of hydrogen-bond acceptors (Lipinski definition) is 5. The van der Waals surface area contributed by atoms with Gasteiger partial charge in [0.05, 0.1) is 12.2 Å². The molecule has 0 aromatic heterocycles. The van der Waals surface area contributed by atoms with Crippen LogP contribution in [0.1, 0.15) is 66.7 Å². The normalized spacial score (nSPS) is 18.1. The number of nitrogens with zero attached hydrogens (tertiary/aromatic N) is 1. The zero-order valence-corrected chi connectivity index (χ0v) is 17.1. The van der Waals surface area contributed by atoms with Crippen LogP contribution in [0.4, 0.5) is 0 Å². The Morgan fingerprint density at radius 1 is 1.19 bits per heavy atom. The van der Waals surface area contributed by atoms with Gasteiger partial charge in [-0.1, -0.05) is 6.92 Å². The number of nitrogens with one attached hydrogen (secondary N) is 1. The molecule has 27 heavy (non-hydrogen) atoms. The van der Waals surface area contributed by atoms with Crippen LogP contribution in [0.15, 0.2) is 0 Å². The first kappa shape index (κ1) is 23.1. The summed E-state index contributed by atoms with van der Waals surface area (Å²) in [5.74, 6) is -1.32. The molecule has 0 radical (unpaired) electrons. The van der Waals surface area contributed by atoms with Crippen molar-refractivity contribution in [3.05, 3.63) is 0 Å². The quantitative estimate of drug-likeness (QED) is 0.518. The van der Waals surface area contributed by atoms with Crippen LogP contribution in [0, 0.1) is 5.92 Å². The Balaban J connectivity index is 2.40. The van der Waals surface area contributed by atoms with Crippen molar-refractivity contribution < 1.29 is 23.9 Å². The van der Waals surface area contributed by atoms with Crippen molar-refractivity contribution in [2.75, 3.05) is 13.2 Å². The highest BCUT2D eigenvalue weighted by atomic mass is 16.5. The second kappa shape index (κ2) is 9.30. The van der Waals surface area contributed by atoms with Crippen LogP contribution < -0.4 is 11.1 Å². The molecule has 0 aromatic rings. The fraction of sp³-hybridized carbons (Fsp3) is 0.789. The molecule has 1 aliphatic rings. The summed E-state index contributed by atoms with van der Waals surface area (Å²) in [6, 6.07) is 0. The van der Waals surface area contributed by atoms with Crippen molar-refractivity contribution in [1.29, 1.82) is 0 Å². The molecule has 0 saturated carbocycles. The van der Waals surface area contributed by atoms with E-state index < -0.39 is 17.0 Å². The average molecular weight is 383 g/mol. The smallest absolute Gasteiger partial charge is 0.232 e. The van der Waals surface area contributed by atoms with Gasteiger partial charge in [0.2, 0.25) is 23.6 Å². The summed E-state index contributed by atoms with van der Waals surface area (Å²) < 4.78 is 5.69. The minimum atomic E-state index is -0.465. The first-order valence-electron chi connectivity index (χ1n) is 9.40. The second-order valence-corrected chi connectivity index (χ2v) is 8.50. The van der Waals surface area contributed by atoms with E-state index in [2.05, 4.69) is 5.32 Å². The van der Waals surface area contributed by atoms with Crippen molar-refractivity contribution in [3.8, 4) is 0 Å². The Morgan fingerprint density at radius 3 is 2.33 bits per heavy atom. The Labute approximate surface area is 161 Å². The van der Waals surface area contributed by atoms with Crippen molar-refractivity contribution >= 4 is 23.6 Å². The maximum atomic E-state index is 12.2. The lowest BCUT2D eigenvalue weighted by Crippen LogP contribution is -2.46. The van der Waals surface area contributed by atoms with Crippen molar-refractivity contribution in [3.63, 3.8) is 0 Å². The topological polar surface area (TPSA) is 119 Å². The molecule has 1 aliphatic heterocycles. The fourth-order valence-corrected chi connectivity index (χ4v) is 2.91. The first-order chi connectivity index (χ1) is 12.3. The maximum Gasteiger partial charge on any atom is 0.232 e. The van der Waals surface area contributed by atoms with Crippen LogP contribution in [0.2, 0.25) is 0 Å². The molecule has 1 rings (SSSR count). The van der Waals surface area contributed by atoms with Gasteiger partial charge in [0, 0.05) is 37.3 Å². The number of nitrogens with two attached hydrogens (primary N) is 1. The Bertz CT molecular complexity index is 586. The van der Waals surface area contributed by atoms with Gasteiger partial charge >= 0.3 is 0 Å². The summed E-state index contributed by atoms with van der Waals surface area (Å²) in [7, 11) is 0. The van der Waals surface area contributed by atoms with Gasteiger partial charge in [-0.3, -0.25) is 24.1 Å². The molecule has 0 spiro atoms. The van der Waals surface area contributed by atoms with Gasteiger partial charge in [0.25, 0.3) is 0 Å². The minimum absolute atomic E-state index is 0.0894. The summed E-state index contributed by atoms with van der Waals surface area (Å²) in [6.45, 7) is 9.79. The number of rotatable bonds is 11. The number of primary amides is 1. The molecule has 0 aliphatic carbocycles. The van der Waals surface area contributed by atoms with Crippen LogP contribution in [-0.2, 0) is 23.9 Å². The summed E-state index contributed by atoms with van der Waals surface area (Å²) >= 11 is 0. The van der Waals surface area contributed by atoms with E-state index >= 15 is 0 Å². The fourth-order valence-electron chi connectivity index (χ4n) is 2.91. The zero-order chi connectivity index (χ0) is 20.8. The molecule has 1 heterocycles. The number of amides is 4. The number of ether oxygens (including phenoxy) is 1. The number of imide groups is 1. The number of carbonyl (C=O) groups excluding carboxylic acids is 4. The van der Waals surface area contributed by atoms with E-state index in [1.165, 1.54) is 4.90 Å². The third-order valence-electron chi connectivity index (χ3n) is 4.70.